The Balaban J connectivity index is 2.23. The van der Waals surface area contributed by atoms with Gasteiger partial charge in [0.05, 0.1) is 0 Å². The van der Waals surface area contributed by atoms with E-state index in [4.69, 9.17) is 5.73 Å². The molecule has 1 aliphatic rings. The van der Waals surface area contributed by atoms with Crippen LogP contribution in [0.2, 0.25) is 0 Å². The number of para-hydroxylation sites is 1. The Labute approximate surface area is 99.7 Å². The fraction of sp³-hybridized carbons (Fsp3) is 0.308. The molecule has 1 aromatic carbocycles. The maximum atomic E-state index is 9.90. The van der Waals surface area contributed by atoms with Crippen molar-refractivity contribution in [3.05, 3.63) is 35.5 Å². The normalized spacial score (nSPS) is 18.4. The number of rotatable bonds is 1. The number of aryl methyl sites for hydroxylation is 1. The first-order chi connectivity index (χ1) is 8.18. The molecule has 3 N–H and O–H groups in total. The van der Waals surface area contributed by atoms with E-state index in [-0.39, 0.29) is 11.8 Å². The fourth-order valence-corrected chi connectivity index (χ4v) is 2.57. The lowest BCUT2D eigenvalue weighted by Crippen LogP contribution is -2.06. The zero-order valence-corrected chi connectivity index (χ0v) is 9.72. The third-order valence-electron chi connectivity index (χ3n) is 3.43. The maximum Gasteiger partial charge on any atom is 0.125 e. The van der Waals surface area contributed by atoms with Gasteiger partial charge < -0.3 is 10.8 Å². The zero-order valence-electron chi connectivity index (χ0n) is 9.72. The van der Waals surface area contributed by atoms with Gasteiger partial charge in [0.25, 0.3) is 0 Å². The number of hydrogen-bond donors (Lipinski definition) is 2. The second kappa shape index (κ2) is 3.60. The van der Waals surface area contributed by atoms with Gasteiger partial charge in [-0.3, -0.25) is 4.68 Å². The number of hydrogen-bond acceptors (Lipinski definition) is 3. The minimum atomic E-state index is 0.0355. The van der Waals surface area contributed by atoms with Crippen molar-refractivity contribution in [1.82, 2.24) is 9.78 Å². The lowest BCUT2D eigenvalue weighted by Gasteiger charge is -2.06. The van der Waals surface area contributed by atoms with Gasteiger partial charge in [0.15, 0.2) is 0 Å². The van der Waals surface area contributed by atoms with E-state index < -0.39 is 0 Å². The molecular weight excluding hydrogens is 214 g/mol. The quantitative estimate of drug-likeness (QED) is 0.782. The van der Waals surface area contributed by atoms with Crippen molar-refractivity contribution < 1.29 is 5.11 Å². The average molecular weight is 229 g/mol. The van der Waals surface area contributed by atoms with E-state index >= 15 is 0 Å². The SMILES string of the molecule is Cn1nc(-c2ccccc2O)c2c1CCC2N. The van der Waals surface area contributed by atoms with Crippen molar-refractivity contribution >= 4 is 0 Å². The maximum absolute atomic E-state index is 9.90. The predicted molar refractivity (Wildman–Crippen MR) is 65.6 cm³/mol. The van der Waals surface area contributed by atoms with Crippen LogP contribution < -0.4 is 5.73 Å². The highest BCUT2D eigenvalue weighted by Crippen LogP contribution is 2.39. The van der Waals surface area contributed by atoms with Gasteiger partial charge in [-0.25, -0.2) is 0 Å². The van der Waals surface area contributed by atoms with E-state index in [0.29, 0.717) is 0 Å². The number of phenolic OH excluding ortho intramolecular Hbond substituents is 1. The molecule has 0 radical (unpaired) electrons. The van der Waals surface area contributed by atoms with E-state index in [1.807, 2.05) is 29.9 Å². The van der Waals surface area contributed by atoms with Gasteiger partial charge in [0, 0.05) is 29.9 Å². The Morgan fingerprint density at radius 3 is 2.94 bits per heavy atom. The average Bonchev–Trinajstić information content (AvgIpc) is 2.83. The Hall–Kier alpha value is -1.81. The highest BCUT2D eigenvalue weighted by atomic mass is 16.3. The van der Waals surface area contributed by atoms with Crippen LogP contribution in [0, 0.1) is 0 Å². The number of nitrogens with two attached hydrogens (primary N) is 1. The Morgan fingerprint density at radius 1 is 1.41 bits per heavy atom. The second-order valence-electron chi connectivity index (χ2n) is 4.49. The van der Waals surface area contributed by atoms with Crippen LogP contribution >= 0.6 is 0 Å². The summed E-state index contributed by atoms with van der Waals surface area (Å²) in [4.78, 5) is 0. The number of benzene rings is 1. The van der Waals surface area contributed by atoms with Crippen molar-refractivity contribution in [3.63, 3.8) is 0 Å². The van der Waals surface area contributed by atoms with Crippen molar-refractivity contribution in [2.24, 2.45) is 12.8 Å². The highest BCUT2D eigenvalue weighted by Gasteiger charge is 2.28. The van der Waals surface area contributed by atoms with Gasteiger partial charge in [-0.05, 0) is 25.0 Å². The van der Waals surface area contributed by atoms with Gasteiger partial charge in [-0.15, -0.1) is 0 Å². The highest BCUT2D eigenvalue weighted by molar-refractivity contribution is 5.71. The zero-order chi connectivity index (χ0) is 12.0. The molecule has 4 heteroatoms. The number of aromatic hydroxyl groups is 1. The van der Waals surface area contributed by atoms with Gasteiger partial charge in [-0.2, -0.15) is 5.10 Å². The first-order valence-corrected chi connectivity index (χ1v) is 5.78. The smallest absolute Gasteiger partial charge is 0.125 e. The molecule has 4 nitrogen and oxygen atoms in total. The minimum absolute atomic E-state index is 0.0355. The molecule has 0 fully saturated rings. The molecule has 0 amide bonds. The summed E-state index contributed by atoms with van der Waals surface area (Å²) < 4.78 is 1.88. The van der Waals surface area contributed by atoms with Crippen LogP contribution in [0.4, 0.5) is 0 Å². The first-order valence-electron chi connectivity index (χ1n) is 5.78. The Kier molecular flexibility index (Phi) is 2.19. The number of aromatic nitrogens is 2. The van der Waals surface area contributed by atoms with Crippen molar-refractivity contribution in [2.45, 2.75) is 18.9 Å². The molecule has 0 saturated carbocycles. The van der Waals surface area contributed by atoms with E-state index in [9.17, 15) is 5.11 Å². The summed E-state index contributed by atoms with van der Waals surface area (Å²) in [6.07, 6.45) is 1.93. The minimum Gasteiger partial charge on any atom is -0.507 e. The molecule has 1 aliphatic carbocycles. The fourth-order valence-electron chi connectivity index (χ4n) is 2.57. The molecule has 2 aromatic rings. The molecule has 1 heterocycles. The van der Waals surface area contributed by atoms with Gasteiger partial charge in [0.2, 0.25) is 0 Å². The standard InChI is InChI=1S/C13H15N3O/c1-16-10-7-6-9(14)12(10)13(15-16)8-4-2-3-5-11(8)17/h2-5,9,17H,6-7,14H2,1H3. The van der Waals surface area contributed by atoms with Crippen LogP contribution in [0.15, 0.2) is 24.3 Å². The third-order valence-corrected chi connectivity index (χ3v) is 3.43. The topological polar surface area (TPSA) is 64.1 Å². The van der Waals surface area contributed by atoms with Crippen LogP contribution in [-0.2, 0) is 13.5 Å². The Morgan fingerprint density at radius 2 is 2.18 bits per heavy atom. The van der Waals surface area contributed by atoms with E-state index in [0.717, 1.165) is 29.7 Å². The van der Waals surface area contributed by atoms with Gasteiger partial charge in [-0.1, -0.05) is 12.1 Å². The number of phenols is 1. The summed E-state index contributed by atoms with van der Waals surface area (Å²) in [7, 11) is 1.93. The molecule has 1 aromatic heterocycles. The largest absolute Gasteiger partial charge is 0.507 e. The Bertz CT molecular complexity index is 574. The second-order valence-corrected chi connectivity index (χ2v) is 4.49. The van der Waals surface area contributed by atoms with Crippen LogP contribution in [0.1, 0.15) is 23.7 Å². The lowest BCUT2D eigenvalue weighted by atomic mass is 10.0. The lowest BCUT2D eigenvalue weighted by molar-refractivity contribution is 0.477. The third kappa shape index (κ3) is 1.45. The molecule has 0 aliphatic heterocycles. The summed E-state index contributed by atoms with van der Waals surface area (Å²) in [6, 6.07) is 7.30. The molecule has 0 spiro atoms. The molecule has 1 unspecified atom stereocenters. The van der Waals surface area contributed by atoms with Crippen LogP contribution in [0.25, 0.3) is 11.3 Å². The molecular formula is C13H15N3O. The molecule has 0 saturated heterocycles. The molecule has 1 atom stereocenters. The van der Waals surface area contributed by atoms with Crippen LogP contribution in [0.3, 0.4) is 0 Å². The van der Waals surface area contributed by atoms with E-state index in [1.165, 1.54) is 5.69 Å². The molecule has 3 rings (SSSR count). The van der Waals surface area contributed by atoms with Gasteiger partial charge >= 0.3 is 0 Å². The summed E-state index contributed by atoms with van der Waals surface area (Å²) in [5, 5.41) is 14.4. The van der Waals surface area contributed by atoms with Crippen LogP contribution in [0.5, 0.6) is 5.75 Å². The number of fused-ring (bicyclic) bond motifs is 1. The molecule has 17 heavy (non-hydrogen) atoms. The molecule has 88 valence electrons. The van der Waals surface area contributed by atoms with Crippen molar-refractivity contribution in [2.75, 3.05) is 0 Å². The summed E-state index contributed by atoms with van der Waals surface area (Å²) >= 11 is 0. The first kappa shape index (κ1) is 10.4. The van der Waals surface area contributed by atoms with E-state index in [1.54, 1.807) is 6.07 Å². The van der Waals surface area contributed by atoms with Crippen LogP contribution in [-0.4, -0.2) is 14.9 Å². The van der Waals surface area contributed by atoms with Gasteiger partial charge in [0.1, 0.15) is 11.4 Å². The molecule has 0 bridgehead atoms. The van der Waals surface area contributed by atoms with Crippen molar-refractivity contribution in [3.8, 4) is 17.0 Å². The van der Waals surface area contributed by atoms with Crippen molar-refractivity contribution in [1.29, 1.82) is 0 Å². The van der Waals surface area contributed by atoms with E-state index in [2.05, 4.69) is 5.10 Å². The monoisotopic (exact) mass is 229 g/mol. The predicted octanol–water partition coefficient (Wildman–Crippen LogP) is 1.74. The summed E-state index contributed by atoms with van der Waals surface area (Å²) in [5.74, 6) is 0.257. The number of nitrogens with zero attached hydrogens (tertiary/aromatic N) is 2. The summed E-state index contributed by atoms with van der Waals surface area (Å²) in [5.41, 5.74) is 9.99. The summed E-state index contributed by atoms with van der Waals surface area (Å²) in [6.45, 7) is 0.